The fourth-order valence-electron chi connectivity index (χ4n) is 5.18. The molecule has 1 spiro atoms. The summed E-state index contributed by atoms with van der Waals surface area (Å²) >= 11 is 0. The molecule has 2 saturated heterocycles. The van der Waals surface area contributed by atoms with Gasteiger partial charge in [-0.15, -0.1) is 10.2 Å². The van der Waals surface area contributed by atoms with Crippen molar-refractivity contribution >= 4 is 5.91 Å². The molecule has 25 heavy (non-hydrogen) atoms. The van der Waals surface area contributed by atoms with Crippen molar-refractivity contribution in [3.05, 3.63) is 12.2 Å². The lowest BCUT2D eigenvalue weighted by Gasteiger charge is -2.44. The average Bonchev–Trinajstić information content (AvgIpc) is 3.26. The molecule has 0 radical (unpaired) electrons. The molecule has 3 heterocycles. The Morgan fingerprint density at radius 1 is 1.16 bits per heavy atom. The van der Waals surface area contributed by atoms with E-state index >= 15 is 0 Å². The normalized spacial score (nSPS) is 29.0. The van der Waals surface area contributed by atoms with E-state index in [4.69, 9.17) is 0 Å². The molecule has 3 aliphatic rings. The first-order valence-electron chi connectivity index (χ1n) is 10.1. The zero-order chi connectivity index (χ0) is 17.3. The minimum atomic E-state index is -0.132. The maximum atomic E-state index is 13.4. The van der Waals surface area contributed by atoms with Crippen molar-refractivity contribution < 1.29 is 4.79 Å². The molecule has 4 rings (SSSR count). The molecule has 3 fully saturated rings. The number of amides is 1. The molecule has 1 amide bonds. The van der Waals surface area contributed by atoms with Crippen LogP contribution in [0.5, 0.6) is 0 Å². The molecule has 0 bridgehead atoms. The Bertz CT molecular complexity index is 609. The highest BCUT2D eigenvalue weighted by Crippen LogP contribution is 2.42. The number of aryl methyl sites for hydroxylation is 1. The van der Waals surface area contributed by atoms with E-state index in [-0.39, 0.29) is 5.41 Å². The van der Waals surface area contributed by atoms with Crippen molar-refractivity contribution in [1.29, 1.82) is 0 Å². The van der Waals surface area contributed by atoms with Crippen LogP contribution in [0.4, 0.5) is 0 Å². The van der Waals surface area contributed by atoms with Gasteiger partial charge in [0.25, 0.3) is 0 Å². The SMILES string of the molecule is CCn1cnnc1CN1CCC2(CCCN(C3CCCCC3)C2=O)C1. The van der Waals surface area contributed by atoms with Gasteiger partial charge in [0.15, 0.2) is 0 Å². The fraction of sp³-hybridized carbons (Fsp3) is 0.842. The van der Waals surface area contributed by atoms with Crippen LogP contribution in [-0.2, 0) is 17.9 Å². The van der Waals surface area contributed by atoms with Gasteiger partial charge in [0.1, 0.15) is 12.2 Å². The molecule has 1 aliphatic carbocycles. The second-order valence-electron chi connectivity index (χ2n) is 8.17. The molecule has 1 saturated carbocycles. The minimum absolute atomic E-state index is 0.132. The van der Waals surface area contributed by atoms with Crippen LogP contribution < -0.4 is 0 Å². The van der Waals surface area contributed by atoms with Gasteiger partial charge in [-0.25, -0.2) is 0 Å². The molecular weight excluding hydrogens is 314 g/mol. The number of likely N-dealkylation sites (tertiary alicyclic amines) is 2. The van der Waals surface area contributed by atoms with Crippen LogP contribution in [-0.4, -0.2) is 56.1 Å². The Hall–Kier alpha value is -1.43. The predicted molar refractivity (Wildman–Crippen MR) is 95.8 cm³/mol. The van der Waals surface area contributed by atoms with E-state index in [0.29, 0.717) is 11.9 Å². The highest BCUT2D eigenvalue weighted by Gasteiger charge is 2.49. The van der Waals surface area contributed by atoms with Gasteiger partial charge in [0.05, 0.1) is 12.0 Å². The summed E-state index contributed by atoms with van der Waals surface area (Å²) in [6.45, 7) is 6.70. The van der Waals surface area contributed by atoms with Crippen molar-refractivity contribution in [2.24, 2.45) is 5.41 Å². The zero-order valence-electron chi connectivity index (χ0n) is 15.5. The number of nitrogens with zero attached hydrogens (tertiary/aromatic N) is 5. The zero-order valence-corrected chi connectivity index (χ0v) is 15.5. The number of piperidine rings is 1. The van der Waals surface area contributed by atoms with E-state index in [9.17, 15) is 4.79 Å². The number of aromatic nitrogens is 3. The molecule has 1 aromatic heterocycles. The van der Waals surface area contributed by atoms with E-state index in [0.717, 1.165) is 51.4 Å². The molecule has 1 unspecified atom stereocenters. The fourth-order valence-corrected chi connectivity index (χ4v) is 5.18. The van der Waals surface area contributed by atoms with Crippen molar-refractivity contribution in [3.8, 4) is 0 Å². The first-order valence-corrected chi connectivity index (χ1v) is 10.1. The van der Waals surface area contributed by atoms with E-state index in [1.807, 2.05) is 0 Å². The van der Waals surface area contributed by atoms with Crippen LogP contribution in [0.2, 0.25) is 0 Å². The van der Waals surface area contributed by atoms with E-state index in [2.05, 4.69) is 31.5 Å². The Balaban J connectivity index is 1.44. The van der Waals surface area contributed by atoms with Crippen molar-refractivity contribution in [3.63, 3.8) is 0 Å². The van der Waals surface area contributed by atoms with Crippen molar-refractivity contribution in [1.82, 2.24) is 24.6 Å². The Morgan fingerprint density at radius 2 is 2.00 bits per heavy atom. The second-order valence-corrected chi connectivity index (χ2v) is 8.17. The second kappa shape index (κ2) is 7.06. The topological polar surface area (TPSA) is 54.3 Å². The lowest BCUT2D eigenvalue weighted by atomic mass is 9.77. The summed E-state index contributed by atoms with van der Waals surface area (Å²) in [6, 6.07) is 0.510. The summed E-state index contributed by atoms with van der Waals surface area (Å²) in [4.78, 5) is 18.1. The van der Waals surface area contributed by atoms with Crippen LogP contribution in [0.25, 0.3) is 0 Å². The number of hydrogen-bond donors (Lipinski definition) is 0. The van der Waals surface area contributed by atoms with E-state index < -0.39 is 0 Å². The molecular formula is C19H31N5O. The molecule has 0 N–H and O–H groups in total. The summed E-state index contributed by atoms with van der Waals surface area (Å²) in [7, 11) is 0. The average molecular weight is 345 g/mol. The minimum Gasteiger partial charge on any atom is -0.339 e. The summed E-state index contributed by atoms with van der Waals surface area (Å²) in [5.41, 5.74) is -0.132. The van der Waals surface area contributed by atoms with Crippen LogP contribution in [0.15, 0.2) is 6.33 Å². The molecule has 1 aromatic rings. The first-order chi connectivity index (χ1) is 12.2. The summed E-state index contributed by atoms with van der Waals surface area (Å²) in [5, 5.41) is 8.31. The van der Waals surface area contributed by atoms with Gasteiger partial charge in [-0.1, -0.05) is 19.3 Å². The largest absolute Gasteiger partial charge is 0.339 e. The monoisotopic (exact) mass is 345 g/mol. The Kier molecular flexibility index (Phi) is 4.80. The van der Waals surface area contributed by atoms with Gasteiger partial charge in [-0.3, -0.25) is 9.69 Å². The predicted octanol–water partition coefficient (Wildman–Crippen LogP) is 2.45. The molecule has 138 valence electrons. The van der Waals surface area contributed by atoms with Gasteiger partial charge in [-0.05, 0) is 45.6 Å². The highest BCUT2D eigenvalue weighted by molar-refractivity contribution is 5.84. The van der Waals surface area contributed by atoms with Crippen LogP contribution >= 0.6 is 0 Å². The van der Waals surface area contributed by atoms with Crippen molar-refractivity contribution in [2.45, 2.75) is 77.4 Å². The number of carbonyl (C=O) groups is 1. The first kappa shape index (κ1) is 17.0. The third kappa shape index (κ3) is 3.21. The Labute approximate surface area is 150 Å². The van der Waals surface area contributed by atoms with Gasteiger partial charge in [-0.2, -0.15) is 0 Å². The number of hydrogen-bond acceptors (Lipinski definition) is 4. The lowest BCUT2D eigenvalue weighted by molar-refractivity contribution is -0.149. The maximum Gasteiger partial charge on any atom is 0.230 e. The molecule has 6 nitrogen and oxygen atoms in total. The van der Waals surface area contributed by atoms with Crippen LogP contribution in [0.3, 0.4) is 0 Å². The van der Waals surface area contributed by atoms with E-state index in [1.54, 1.807) is 6.33 Å². The quantitative estimate of drug-likeness (QED) is 0.841. The third-order valence-electron chi connectivity index (χ3n) is 6.62. The summed E-state index contributed by atoms with van der Waals surface area (Å²) < 4.78 is 2.10. The van der Waals surface area contributed by atoms with Gasteiger partial charge < -0.3 is 9.47 Å². The van der Waals surface area contributed by atoms with Gasteiger partial charge in [0, 0.05) is 25.7 Å². The smallest absolute Gasteiger partial charge is 0.230 e. The molecule has 2 aliphatic heterocycles. The van der Waals surface area contributed by atoms with Crippen molar-refractivity contribution in [2.75, 3.05) is 19.6 Å². The standard InChI is InChI=1S/C19H31N5O/c1-2-23-15-20-21-17(23)13-22-12-10-19(14-22)9-6-11-24(18(19)25)16-7-4-3-5-8-16/h15-16H,2-14H2,1H3. The van der Waals surface area contributed by atoms with Crippen LogP contribution in [0, 0.1) is 5.41 Å². The van der Waals surface area contributed by atoms with Gasteiger partial charge >= 0.3 is 0 Å². The summed E-state index contributed by atoms with van der Waals surface area (Å²) in [6.07, 6.45) is 11.4. The highest BCUT2D eigenvalue weighted by atomic mass is 16.2. The van der Waals surface area contributed by atoms with E-state index in [1.165, 1.54) is 38.5 Å². The van der Waals surface area contributed by atoms with Gasteiger partial charge in [0.2, 0.25) is 5.91 Å². The summed E-state index contributed by atoms with van der Waals surface area (Å²) in [5.74, 6) is 1.47. The Morgan fingerprint density at radius 3 is 2.80 bits per heavy atom. The lowest BCUT2D eigenvalue weighted by Crippen LogP contribution is -2.54. The molecule has 0 aromatic carbocycles. The maximum absolute atomic E-state index is 13.4. The number of carbonyl (C=O) groups excluding carboxylic acids is 1. The molecule has 6 heteroatoms. The third-order valence-corrected chi connectivity index (χ3v) is 6.62. The van der Waals surface area contributed by atoms with Crippen LogP contribution in [0.1, 0.15) is 64.1 Å². The molecule has 1 atom stereocenters. The number of rotatable bonds is 4.